The molecule has 0 unspecified atom stereocenters. The molecule has 4 rings (SSSR count). The zero-order valence-corrected chi connectivity index (χ0v) is 16.8. The fourth-order valence-corrected chi connectivity index (χ4v) is 4.06. The molecule has 2 N–H and O–H groups in total. The number of hydrogen-bond donors (Lipinski definition) is 2. The van der Waals surface area contributed by atoms with Gasteiger partial charge in [-0.15, -0.1) is 11.3 Å². The Morgan fingerprint density at radius 1 is 1.29 bits per heavy atom. The van der Waals surface area contributed by atoms with Crippen molar-refractivity contribution >= 4 is 34.7 Å². The summed E-state index contributed by atoms with van der Waals surface area (Å²) < 4.78 is 5.18. The van der Waals surface area contributed by atoms with E-state index in [1.165, 1.54) is 0 Å². The molecular weight excluding hydrogens is 396 g/mol. The number of rotatable bonds is 5. The molecule has 0 saturated heterocycles. The van der Waals surface area contributed by atoms with Gasteiger partial charge in [0.05, 0.1) is 16.8 Å². The zero-order chi connectivity index (χ0) is 19.7. The molecular formula is C21H19ClN2O3S. The van der Waals surface area contributed by atoms with E-state index in [-0.39, 0.29) is 6.10 Å². The summed E-state index contributed by atoms with van der Waals surface area (Å²) in [5, 5.41) is 15.0. The summed E-state index contributed by atoms with van der Waals surface area (Å²) in [4.78, 5) is 17.0. The van der Waals surface area contributed by atoms with Crippen LogP contribution in [0.15, 0.2) is 48.0 Å². The summed E-state index contributed by atoms with van der Waals surface area (Å²) in [5.74, 6) is 0. The van der Waals surface area contributed by atoms with Crippen LogP contribution in [0.2, 0.25) is 5.02 Å². The van der Waals surface area contributed by atoms with Gasteiger partial charge in [0.1, 0.15) is 6.10 Å². The number of amides is 1. The number of aliphatic hydroxyl groups is 1. The highest BCUT2D eigenvalue weighted by Gasteiger charge is 2.26. The summed E-state index contributed by atoms with van der Waals surface area (Å²) in [6, 6.07) is 11.3. The fraction of sp³-hybridized carbons (Fsp3) is 0.238. The van der Waals surface area contributed by atoms with Crippen LogP contribution in [-0.2, 0) is 4.74 Å². The van der Waals surface area contributed by atoms with Crippen LogP contribution in [0.1, 0.15) is 31.6 Å². The van der Waals surface area contributed by atoms with Crippen molar-refractivity contribution in [2.45, 2.75) is 32.0 Å². The molecule has 2 aromatic heterocycles. The Hall–Kier alpha value is -2.41. The van der Waals surface area contributed by atoms with Gasteiger partial charge in [0, 0.05) is 22.3 Å². The topological polar surface area (TPSA) is 71.5 Å². The van der Waals surface area contributed by atoms with Gasteiger partial charge in [-0.1, -0.05) is 11.6 Å². The van der Waals surface area contributed by atoms with Crippen LogP contribution in [0, 0.1) is 0 Å². The molecule has 0 spiro atoms. The number of thiophene rings is 1. The van der Waals surface area contributed by atoms with E-state index in [0.717, 1.165) is 34.4 Å². The molecule has 1 fully saturated rings. The third-order valence-corrected chi connectivity index (χ3v) is 5.70. The van der Waals surface area contributed by atoms with Crippen LogP contribution in [0.3, 0.4) is 0 Å². The molecule has 0 aliphatic heterocycles. The maximum atomic E-state index is 11.8. The molecule has 144 valence electrons. The molecule has 1 amide bonds. The minimum absolute atomic E-state index is 0.0572. The van der Waals surface area contributed by atoms with Crippen molar-refractivity contribution in [3.05, 3.63) is 58.7 Å². The minimum atomic E-state index is -0.612. The van der Waals surface area contributed by atoms with E-state index < -0.39 is 12.2 Å². The highest BCUT2D eigenvalue weighted by atomic mass is 35.5. The van der Waals surface area contributed by atoms with Gasteiger partial charge in [0.25, 0.3) is 0 Å². The van der Waals surface area contributed by atoms with Crippen molar-refractivity contribution in [1.82, 2.24) is 4.98 Å². The number of anilines is 1. The monoisotopic (exact) mass is 414 g/mol. The first-order valence-corrected chi connectivity index (χ1v) is 10.3. The quantitative estimate of drug-likeness (QED) is 0.545. The molecule has 5 nitrogen and oxygen atoms in total. The largest absolute Gasteiger partial charge is 0.446 e. The van der Waals surface area contributed by atoms with Crippen molar-refractivity contribution < 1.29 is 14.6 Å². The van der Waals surface area contributed by atoms with Crippen LogP contribution < -0.4 is 5.32 Å². The second-order valence-electron chi connectivity index (χ2n) is 6.77. The molecule has 0 radical (unpaired) electrons. The Kier molecular flexibility index (Phi) is 5.35. The van der Waals surface area contributed by atoms with Crippen molar-refractivity contribution in [1.29, 1.82) is 0 Å². The number of halogens is 1. The van der Waals surface area contributed by atoms with Crippen LogP contribution in [0.25, 0.3) is 21.6 Å². The second-order valence-corrected chi connectivity index (χ2v) is 8.09. The van der Waals surface area contributed by atoms with Crippen LogP contribution in [0.5, 0.6) is 0 Å². The summed E-state index contributed by atoms with van der Waals surface area (Å²) in [6.45, 7) is 1.70. The Labute approximate surface area is 172 Å². The number of nitrogens with zero attached hydrogens (tertiary/aromatic N) is 1. The maximum absolute atomic E-state index is 11.8. The van der Waals surface area contributed by atoms with E-state index in [2.05, 4.69) is 16.4 Å². The van der Waals surface area contributed by atoms with Crippen LogP contribution in [0.4, 0.5) is 10.5 Å². The summed E-state index contributed by atoms with van der Waals surface area (Å²) >= 11 is 8.04. The first-order chi connectivity index (χ1) is 13.5. The SMILES string of the molecule is C[C@@H](O)c1cc(-c2csc(-c3ccc(NC(=O)OC4CC4)cc3Cl)c2)ccn1. The molecule has 1 aliphatic rings. The zero-order valence-electron chi connectivity index (χ0n) is 15.2. The number of carbonyl (C=O) groups is 1. The first-order valence-electron chi connectivity index (χ1n) is 9.00. The predicted octanol–water partition coefficient (Wildman–Crippen LogP) is 5.89. The van der Waals surface area contributed by atoms with Crippen LogP contribution >= 0.6 is 22.9 Å². The lowest BCUT2D eigenvalue weighted by atomic mass is 10.1. The smallest absolute Gasteiger partial charge is 0.411 e. The Morgan fingerprint density at radius 2 is 2.11 bits per heavy atom. The summed E-state index contributed by atoms with van der Waals surface area (Å²) in [6.07, 6.45) is 2.56. The number of hydrogen-bond acceptors (Lipinski definition) is 5. The minimum Gasteiger partial charge on any atom is -0.446 e. The molecule has 1 atom stereocenters. The Bertz CT molecular complexity index is 1010. The summed E-state index contributed by atoms with van der Waals surface area (Å²) in [7, 11) is 0. The Balaban J connectivity index is 1.53. The van der Waals surface area contributed by atoms with Gasteiger partial charge >= 0.3 is 6.09 Å². The van der Waals surface area contributed by atoms with Gasteiger partial charge in [0.15, 0.2) is 0 Å². The number of nitrogens with one attached hydrogen (secondary N) is 1. The highest BCUT2D eigenvalue weighted by Crippen LogP contribution is 2.37. The predicted molar refractivity (Wildman–Crippen MR) is 112 cm³/mol. The van der Waals surface area contributed by atoms with E-state index in [9.17, 15) is 9.90 Å². The fourth-order valence-electron chi connectivity index (χ4n) is 2.76. The molecule has 3 aromatic rings. The van der Waals surface area contributed by atoms with E-state index in [1.807, 2.05) is 29.6 Å². The first kappa shape index (κ1) is 18.9. The third-order valence-electron chi connectivity index (χ3n) is 4.42. The molecule has 1 aromatic carbocycles. The third kappa shape index (κ3) is 4.35. The van der Waals surface area contributed by atoms with Gasteiger partial charge in [0.2, 0.25) is 0 Å². The van der Waals surface area contributed by atoms with Gasteiger partial charge in [-0.25, -0.2) is 4.79 Å². The standard InChI is InChI=1S/C21H19ClN2O3S/c1-12(25)19-8-13(6-7-23-19)14-9-20(28-11-14)17-5-2-15(10-18(17)22)24-21(26)27-16-3-4-16/h2,5-12,16,25H,3-4H2,1H3,(H,24,26)/t12-/m1/s1. The number of ether oxygens (including phenoxy) is 1. The lowest BCUT2D eigenvalue weighted by molar-refractivity contribution is 0.154. The molecule has 28 heavy (non-hydrogen) atoms. The second kappa shape index (κ2) is 7.91. The van der Waals surface area contributed by atoms with Gasteiger partial charge in [-0.05, 0) is 72.7 Å². The lowest BCUT2D eigenvalue weighted by Crippen LogP contribution is -2.14. The van der Waals surface area contributed by atoms with E-state index >= 15 is 0 Å². The lowest BCUT2D eigenvalue weighted by Gasteiger charge is -2.08. The number of pyridine rings is 1. The molecule has 1 aliphatic carbocycles. The highest BCUT2D eigenvalue weighted by molar-refractivity contribution is 7.14. The molecule has 1 saturated carbocycles. The van der Waals surface area contributed by atoms with Crippen LogP contribution in [-0.4, -0.2) is 22.3 Å². The van der Waals surface area contributed by atoms with Gasteiger partial charge in [-0.2, -0.15) is 0 Å². The Morgan fingerprint density at radius 3 is 2.82 bits per heavy atom. The number of benzene rings is 1. The normalized spacial score (nSPS) is 14.5. The van der Waals surface area contributed by atoms with E-state index in [1.54, 1.807) is 30.5 Å². The van der Waals surface area contributed by atoms with E-state index in [4.69, 9.17) is 16.3 Å². The summed E-state index contributed by atoms with van der Waals surface area (Å²) in [5.41, 5.74) is 4.16. The number of aliphatic hydroxyl groups excluding tert-OH is 1. The van der Waals surface area contributed by atoms with Gasteiger partial charge < -0.3 is 9.84 Å². The van der Waals surface area contributed by atoms with Crippen molar-refractivity contribution in [3.63, 3.8) is 0 Å². The van der Waals surface area contributed by atoms with E-state index in [0.29, 0.717) is 16.4 Å². The molecule has 7 heteroatoms. The molecule has 0 bridgehead atoms. The average Bonchev–Trinajstić information content (AvgIpc) is 3.34. The number of carbonyl (C=O) groups excluding carboxylic acids is 1. The molecule has 2 heterocycles. The van der Waals surface area contributed by atoms with Crippen molar-refractivity contribution in [2.75, 3.05) is 5.32 Å². The average molecular weight is 415 g/mol. The number of aromatic nitrogens is 1. The van der Waals surface area contributed by atoms with Crippen molar-refractivity contribution in [3.8, 4) is 21.6 Å². The van der Waals surface area contributed by atoms with Crippen molar-refractivity contribution in [2.24, 2.45) is 0 Å². The maximum Gasteiger partial charge on any atom is 0.411 e. The van der Waals surface area contributed by atoms with Gasteiger partial charge in [-0.3, -0.25) is 10.3 Å².